The van der Waals surface area contributed by atoms with Crippen molar-refractivity contribution < 1.29 is 19.0 Å². The molecule has 1 aliphatic heterocycles. The Morgan fingerprint density at radius 2 is 2.50 bits per heavy atom. The molecule has 12 heavy (non-hydrogen) atoms. The van der Waals surface area contributed by atoms with Crippen molar-refractivity contribution >= 4 is 5.97 Å². The molecule has 0 saturated carbocycles. The van der Waals surface area contributed by atoms with E-state index in [-0.39, 0.29) is 0 Å². The zero-order valence-electron chi connectivity index (χ0n) is 6.37. The van der Waals surface area contributed by atoms with Crippen molar-refractivity contribution in [2.45, 2.75) is 18.9 Å². The summed E-state index contributed by atoms with van der Waals surface area (Å²) in [4.78, 5) is 10.1. The van der Waals surface area contributed by atoms with Crippen LogP contribution in [-0.2, 0) is 9.53 Å². The van der Waals surface area contributed by atoms with E-state index in [1.165, 1.54) is 6.26 Å². The largest absolute Gasteiger partial charge is 0.494 e. The van der Waals surface area contributed by atoms with Gasteiger partial charge in [0.05, 0.1) is 6.26 Å². The Bertz CT molecular complexity index is 232. The van der Waals surface area contributed by atoms with Crippen LogP contribution in [0.2, 0.25) is 0 Å². The number of carboxylic acids is 1. The molecule has 1 aliphatic rings. The summed E-state index contributed by atoms with van der Waals surface area (Å²) in [6.45, 7) is 0. The van der Waals surface area contributed by atoms with Gasteiger partial charge in [-0.05, 0) is 25.0 Å². The van der Waals surface area contributed by atoms with Gasteiger partial charge in [0.1, 0.15) is 6.10 Å². The standard InChI is InChI=1S/C8H9FO3/c9-7(8(10)11)5-6-3-1-2-4-12-6/h2,4-6H,1,3H2,(H,10,11). The van der Waals surface area contributed by atoms with Gasteiger partial charge in [0.15, 0.2) is 0 Å². The van der Waals surface area contributed by atoms with Gasteiger partial charge in [-0.3, -0.25) is 0 Å². The van der Waals surface area contributed by atoms with Crippen molar-refractivity contribution in [3.8, 4) is 0 Å². The second-order valence-electron chi connectivity index (χ2n) is 2.44. The molecule has 66 valence electrons. The number of aliphatic carboxylic acids is 1. The number of ether oxygens (including phenoxy) is 1. The van der Waals surface area contributed by atoms with Crippen molar-refractivity contribution in [2.24, 2.45) is 0 Å². The van der Waals surface area contributed by atoms with Gasteiger partial charge in [-0.25, -0.2) is 4.79 Å². The number of carbonyl (C=O) groups is 1. The monoisotopic (exact) mass is 172 g/mol. The molecule has 0 aliphatic carbocycles. The molecule has 3 nitrogen and oxygen atoms in total. The summed E-state index contributed by atoms with van der Waals surface area (Å²) in [7, 11) is 0. The number of hydrogen-bond acceptors (Lipinski definition) is 2. The van der Waals surface area contributed by atoms with Crippen molar-refractivity contribution in [3.63, 3.8) is 0 Å². The first-order chi connectivity index (χ1) is 5.70. The lowest BCUT2D eigenvalue weighted by molar-refractivity contribution is -0.134. The van der Waals surface area contributed by atoms with Gasteiger partial charge in [-0.2, -0.15) is 4.39 Å². The molecule has 0 amide bonds. The lowest BCUT2D eigenvalue weighted by Crippen LogP contribution is -2.11. The van der Waals surface area contributed by atoms with Crippen LogP contribution < -0.4 is 0 Å². The number of hydrogen-bond donors (Lipinski definition) is 1. The predicted octanol–water partition coefficient (Wildman–Crippen LogP) is 1.62. The molecule has 1 N–H and O–H groups in total. The Hall–Kier alpha value is -1.32. The first-order valence-corrected chi connectivity index (χ1v) is 3.61. The zero-order valence-corrected chi connectivity index (χ0v) is 6.37. The first kappa shape index (κ1) is 8.77. The molecular formula is C8H9FO3. The molecular weight excluding hydrogens is 163 g/mol. The maximum atomic E-state index is 12.5. The highest BCUT2D eigenvalue weighted by Crippen LogP contribution is 2.13. The van der Waals surface area contributed by atoms with Gasteiger partial charge < -0.3 is 9.84 Å². The minimum Gasteiger partial charge on any atom is -0.494 e. The summed E-state index contributed by atoms with van der Waals surface area (Å²) < 4.78 is 17.4. The van der Waals surface area contributed by atoms with Crippen LogP contribution in [0.25, 0.3) is 0 Å². The zero-order chi connectivity index (χ0) is 8.97. The molecule has 0 spiro atoms. The SMILES string of the molecule is O=C(O)C(F)=CC1CCC=CO1. The number of carboxylic acid groups (broad SMARTS) is 1. The third-order valence-electron chi connectivity index (χ3n) is 1.50. The van der Waals surface area contributed by atoms with Crippen molar-refractivity contribution in [1.29, 1.82) is 0 Å². The van der Waals surface area contributed by atoms with Crippen molar-refractivity contribution in [3.05, 3.63) is 24.2 Å². The van der Waals surface area contributed by atoms with Crippen molar-refractivity contribution in [2.75, 3.05) is 0 Å². The van der Waals surface area contributed by atoms with E-state index in [2.05, 4.69) is 0 Å². The van der Waals surface area contributed by atoms with Gasteiger partial charge in [-0.15, -0.1) is 0 Å². The third-order valence-corrected chi connectivity index (χ3v) is 1.50. The average Bonchev–Trinajstić information content (AvgIpc) is 2.06. The smallest absolute Gasteiger partial charge is 0.364 e. The van der Waals surface area contributed by atoms with Gasteiger partial charge in [0.25, 0.3) is 0 Å². The topological polar surface area (TPSA) is 46.5 Å². The van der Waals surface area contributed by atoms with Crippen LogP contribution >= 0.6 is 0 Å². The molecule has 4 heteroatoms. The van der Waals surface area contributed by atoms with Crippen molar-refractivity contribution in [1.82, 2.24) is 0 Å². The Kier molecular flexibility index (Phi) is 2.85. The molecule has 0 aromatic heterocycles. The minimum atomic E-state index is -1.55. The Labute approximate surface area is 69.1 Å². The summed E-state index contributed by atoms with van der Waals surface area (Å²) in [5, 5.41) is 8.20. The fourth-order valence-electron chi connectivity index (χ4n) is 0.910. The fourth-order valence-corrected chi connectivity index (χ4v) is 0.910. The van der Waals surface area contributed by atoms with Crippen LogP contribution in [-0.4, -0.2) is 17.2 Å². The molecule has 0 aromatic carbocycles. The quantitative estimate of drug-likeness (QED) is 0.644. The summed E-state index contributed by atoms with van der Waals surface area (Å²) in [5.74, 6) is -2.71. The normalized spacial score (nSPS) is 23.4. The second-order valence-corrected chi connectivity index (χ2v) is 2.44. The number of halogens is 1. The van der Waals surface area contributed by atoms with Gasteiger partial charge in [-0.1, -0.05) is 0 Å². The highest BCUT2D eigenvalue weighted by Gasteiger charge is 2.12. The van der Waals surface area contributed by atoms with E-state index in [4.69, 9.17) is 9.84 Å². The lowest BCUT2D eigenvalue weighted by Gasteiger charge is -2.14. The van der Waals surface area contributed by atoms with Crippen LogP contribution in [0, 0.1) is 0 Å². The van der Waals surface area contributed by atoms with E-state index in [0.29, 0.717) is 6.42 Å². The van der Waals surface area contributed by atoms with Crippen LogP contribution in [0.3, 0.4) is 0 Å². The molecule has 0 bridgehead atoms. The third kappa shape index (κ3) is 2.38. The molecule has 1 heterocycles. The van der Waals surface area contributed by atoms with Crippen LogP contribution in [0.5, 0.6) is 0 Å². The van der Waals surface area contributed by atoms with E-state index in [0.717, 1.165) is 12.5 Å². The molecule has 1 rings (SSSR count). The Balaban J connectivity index is 2.54. The van der Waals surface area contributed by atoms with E-state index < -0.39 is 17.9 Å². The highest BCUT2D eigenvalue weighted by atomic mass is 19.1. The number of allylic oxidation sites excluding steroid dienone is 1. The molecule has 0 radical (unpaired) electrons. The van der Waals surface area contributed by atoms with Crippen LogP contribution in [0.4, 0.5) is 4.39 Å². The van der Waals surface area contributed by atoms with E-state index in [1.54, 1.807) is 0 Å². The minimum absolute atomic E-state index is 0.439. The molecule has 0 fully saturated rings. The molecule has 0 aromatic rings. The summed E-state index contributed by atoms with van der Waals surface area (Å²) in [6, 6.07) is 0. The first-order valence-electron chi connectivity index (χ1n) is 3.61. The summed E-state index contributed by atoms with van der Waals surface area (Å²) >= 11 is 0. The molecule has 0 saturated heterocycles. The highest BCUT2D eigenvalue weighted by molar-refractivity contribution is 5.83. The lowest BCUT2D eigenvalue weighted by atomic mass is 10.1. The van der Waals surface area contributed by atoms with Crippen LogP contribution in [0.15, 0.2) is 24.2 Å². The van der Waals surface area contributed by atoms with E-state index >= 15 is 0 Å². The predicted molar refractivity (Wildman–Crippen MR) is 40.1 cm³/mol. The van der Waals surface area contributed by atoms with Gasteiger partial charge in [0, 0.05) is 0 Å². The van der Waals surface area contributed by atoms with E-state index in [1.807, 2.05) is 6.08 Å². The average molecular weight is 172 g/mol. The van der Waals surface area contributed by atoms with Gasteiger partial charge >= 0.3 is 5.97 Å². The molecule has 1 atom stereocenters. The maximum absolute atomic E-state index is 12.5. The summed E-state index contributed by atoms with van der Waals surface area (Å²) in [5.41, 5.74) is 0. The second kappa shape index (κ2) is 3.90. The summed E-state index contributed by atoms with van der Waals surface area (Å²) in [6.07, 6.45) is 5.21. The Morgan fingerprint density at radius 1 is 1.75 bits per heavy atom. The Morgan fingerprint density at radius 3 is 3.00 bits per heavy atom. The van der Waals surface area contributed by atoms with Gasteiger partial charge in [0.2, 0.25) is 5.83 Å². The fraction of sp³-hybridized carbons (Fsp3) is 0.375. The molecule has 1 unspecified atom stereocenters. The maximum Gasteiger partial charge on any atom is 0.364 e. The van der Waals surface area contributed by atoms with Crippen LogP contribution in [0.1, 0.15) is 12.8 Å². The van der Waals surface area contributed by atoms with E-state index in [9.17, 15) is 9.18 Å². The number of rotatable bonds is 2.